The molecule has 0 saturated heterocycles. The summed E-state index contributed by atoms with van der Waals surface area (Å²) >= 11 is 13.6. The van der Waals surface area contributed by atoms with Gasteiger partial charge in [0.2, 0.25) is 0 Å². The van der Waals surface area contributed by atoms with E-state index in [4.69, 9.17) is 28.3 Å². The molecule has 0 saturated carbocycles. The van der Waals surface area contributed by atoms with Gasteiger partial charge in [0.25, 0.3) is 0 Å². The first-order chi connectivity index (χ1) is 9.30. The molecule has 20 heavy (non-hydrogen) atoms. The average Bonchev–Trinajstić information content (AvgIpc) is 2.76. The third-order valence-electron chi connectivity index (χ3n) is 3.02. The molecular formula is C14H13Cl2NO2S. The van der Waals surface area contributed by atoms with Crippen LogP contribution in [-0.4, -0.2) is 16.1 Å². The SMILES string of the molecule is CC(C)(c1nc(CC(=O)O)cs1)c1ccc(Cl)cc1Cl. The van der Waals surface area contributed by atoms with Gasteiger partial charge in [-0.05, 0) is 31.5 Å². The Hall–Kier alpha value is -1.10. The van der Waals surface area contributed by atoms with Gasteiger partial charge in [-0.1, -0.05) is 29.3 Å². The van der Waals surface area contributed by atoms with Crippen LogP contribution in [0.25, 0.3) is 0 Å². The molecule has 0 aliphatic carbocycles. The summed E-state index contributed by atoms with van der Waals surface area (Å²) in [7, 11) is 0. The molecule has 1 heterocycles. The molecule has 0 aliphatic rings. The minimum Gasteiger partial charge on any atom is -0.481 e. The Bertz CT molecular complexity index is 652. The van der Waals surface area contributed by atoms with Crippen LogP contribution in [-0.2, 0) is 16.6 Å². The Kier molecular flexibility index (Phi) is 4.37. The summed E-state index contributed by atoms with van der Waals surface area (Å²) in [6.07, 6.45) is -0.0685. The summed E-state index contributed by atoms with van der Waals surface area (Å²) in [5.41, 5.74) is 1.08. The Morgan fingerprint density at radius 2 is 2.10 bits per heavy atom. The van der Waals surface area contributed by atoms with Crippen molar-refractivity contribution in [3.05, 3.63) is 49.9 Å². The number of hydrogen-bond acceptors (Lipinski definition) is 3. The lowest BCUT2D eigenvalue weighted by Crippen LogP contribution is -2.19. The second-order valence-corrected chi connectivity index (χ2v) is 6.67. The highest BCUT2D eigenvalue weighted by Crippen LogP contribution is 2.38. The quantitative estimate of drug-likeness (QED) is 0.904. The lowest BCUT2D eigenvalue weighted by molar-refractivity contribution is -0.136. The Balaban J connectivity index is 2.38. The van der Waals surface area contributed by atoms with E-state index in [9.17, 15) is 4.79 Å². The smallest absolute Gasteiger partial charge is 0.309 e. The highest BCUT2D eigenvalue weighted by Gasteiger charge is 2.29. The van der Waals surface area contributed by atoms with Crippen LogP contribution in [0.3, 0.4) is 0 Å². The van der Waals surface area contributed by atoms with Crippen molar-refractivity contribution in [3.8, 4) is 0 Å². The lowest BCUT2D eigenvalue weighted by atomic mass is 9.85. The van der Waals surface area contributed by atoms with Crippen molar-refractivity contribution >= 4 is 40.5 Å². The standard InChI is InChI=1S/C14H13Cl2NO2S/c1-14(2,10-4-3-8(15)5-11(10)16)13-17-9(7-20-13)6-12(18)19/h3-5,7H,6H2,1-2H3,(H,18,19). The predicted molar refractivity (Wildman–Crippen MR) is 82.0 cm³/mol. The van der Waals surface area contributed by atoms with Crippen molar-refractivity contribution in [1.82, 2.24) is 4.98 Å². The molecular weight excluding hydrogens is 317 g/mol. The monoisotopic (exact) mass is 329 g/mol. The van der Waals surface area contributed by atoms with Crippen molar-refractivity contribution in [3.63, 3.8) is 0 Å². The molecule has 0 unspecified atom stereocenters. The second-order valence-electron chi connectivity index (χ2n) is 4.96. The van der Waals surface area contributed by atoms with Crippen molar-refractivity contribution in [2.24, 2.45) is 0 Å². The third kappa shape index (κ3) is 3.14. The highest BCUT2D eigenvalue weighted by molar-refractivity contribution is 7.09. The van der Waals surface area contributed by atoms with E-state index in [2.05, 4.69) is 4.98 Å². The maximum absolute atomic E-state index is 10.7. The molecule has 0 atom stereocenters. The molecule has 0 fully saturated rings. The van der Waals surface area contributed by atoms with E-state index >= 15 is 0 Å². The molecule has 1 aromatic heterocycles. The van der Waals surface area contributed by atoms with Crippen LogP contribution in [0.15, 0.2) is 23.6 Å². The van der Waals surface area contributed by atoms with Crippen molar-refractivity contribution in [2.45, 2.75) is 25.7 Å². The summed E-state index contributed by atoms with van der Waals surface area (Å²) in [6, 6.07) is 5.37. The first-order valence-electron chi connectivity index (χ1n) is 5.93. The zero-order chi connectivity index (χ0) is 14.9. The summed E-state index contributed by atoms with van der Waals surface area (Å²) in [4.78, 5) is 15.1. The van der Waals surface area contributed by atoms with E-state index in [1.165, 1.54) is 11.3 Å². The number of halogens is 2. The molecule has 2 rings (SSSR count). The zero-order valence-corrected chi connectivity index (χ0v) is 13.3. The van der Waals surface area contributed by atoms with E-state index in [0.717, 1.165) is 10.6 Å². The molecule has 0 amide bonds. The van der Waals surface area contributed by atoms with Crippen molar-refractivity contribution < 1.29 is 9.90 Å². The van der Waals surface area contributed by atoms with Gasteiger partial charge in [-0.15, -0.1) is 11.3 Å². The molecule has 2 aromatic rings. The van der Waals surface area contributed by atoms with Crippen LogP contribution in [0, 0.1) is 0 Å². The van der Waals surface area contributed by atoms with Gasteiger partial charge in [-0.3, -0.25) is 4.79 Å². The second kappa shape index (κ2) is 5.72. The van der Waals surface area contributed by atoms with Crippen LogP contribution in [0.2, 0.25) is 10.0 Å². The number of rotatable bonds is 4. The molecule has 1 N–H and O–H groups in total. The van der Waals surface area contributed by atoms with Crippen LogP contribution in [0.5, 0.6) is 0 Å². The highest BCUT2D eigenvalue weighted by atomic mass is 35.5. The first-order valence-corrected chi connectivity index (χ1v) is 7.56. The molecule has 106 valence electrons. The summed E-state index contributed by atoms with van der Waals surface area (Å²) < 4.78 is 0. The lowest BCUT2D eigenvalue weighted by Gasteiger charge is -2.24. The molecule has 1 aromatic carbocycles. The molecule has 0 aliphatic heterocycles. The van der Waals surface area contributed by atoms with Crippen molar-refractivity contribution in [1.29, 1.82) is 0 Å². The number of aromatic nitrogens is 1. The van der Waals surface area contributed by atoms with Crippen LogP contribution in [0.1, 0.15) is 30.1 Å². The number of nitrogens with zero attached hydrogens (tertiary/aromatic N) is 1. The topological polar surface area (TPSA) is 50.2 Å². The van der Waals surface area contributed by atoms with Gasteiger partial charge in [0, 0.05) is 20.8 Å². The van der Waals surface area contributed by atoms with Crippen molar-refractivity contribution in [2.75, 3.05) is 0 Å². The van der Waals surface area contributed by atoms with E-state index in [1.54, 1.807) is 17.5 Å². The van der Waals surface area contributed by atoms with Gasteiger partial charge in [0.15, 0.2) is 0 Å². The van der Waals surface area contributed by atoms with Crippen LogP contribution in [0.4, 0.5) is 0 Å². The fourth-order valence-electron chi connectivity index (χ4n) is 1.94. The number of aliphatic carboxylic acids is 1. The van der Waals surface area contributed by atoms with E-state index in [0.29, 0.717) is 15.7 Å². The van der Waals surface area contributed by atoms with Gasteiger partial charge in [-0.25, -0.2) is 4.98 Å². The molecule has 3 nitrogen and oxygen atoms in total. The van der Waals surface area contributed by atoms with E-state index in [-0.39, 0.29) is 6.42 Å². The fourth-order valence-corrected chi connectivity index (χ4v) is 3.54. The summed E-state index contributed by atoms with van der Waals surface area (Å²) in [5.74, 6) is -0.885. The fraction of sp³-hybridized carbons (Fsp3) is 0.286. The normalized spacial score (nSPS) is 11.6. The van der Waals surface area contributed by atoms with E-state index in [1.807, 2.05) is 19.9 Å². The predicted octanol–water partition coefficient (Wildman–Crippen LogP) is 4.40. The van der Waals surface area contributed by atoms with Gasteiger partial charge in [0.05, 0.1) is 12.1 Å². The first kappa shape index (κ1) is 15.3. The zero-order valence-electron chi connectivity index (χ0n) is 11.0. The number of carbonyl (C=O) groups is 1. The maximum Gasteiger partial charge on any atom is 0.309 e. The molecule has 0 bridgehead atoms. The number of benzene rings is 1. The van der Waals surface area contributed by atoms with Gasteiger partial charge < -0.3 is 5.11 Å². The largest absolute Gasteiger partial charge is 0.481 e. The molecule has 0 spiro atoms. The van der Waals surface area contributed by atoms with Gasteiger partial charge >= 0.3 is 5.97 Å². The third-order valence-corrected chi connectivity index (χ3v) is 4.79. The van der Waals surface area contributed by atoms with Crippen LogP contribution >= 0.6 is 34.5 Å². The van der Waals surface area contributed by atoms with E-state index < -0.39 is 11.4 Å². The Labute approximate surface area is 131 Å². The number of carboxylic acid groups (broad SMARTS) is 1. The maximum atomic E-state index is 10.7. The number of hydrogen-bond donors (Lipinski definition) is 1. The number of carboxylic acids is 1. The Morgan fingerprint density at radius 1 is 1.40 bits per heavy atom. The minimum absolute atomic E-state index is 0.0685. The average molecular weight is 330 g/mol. The summed E-state index contributed by atoms with van der Waals surface area (Å²) in [5, 5.41) is 12.6. The molecule has 0 radical (unpaired) electrons. The Morgan fingerprint density at radius 3 is 2.70 bits per heavy atom. The van der Waals surface area contributed by atoms with Gasteiger partial charge in [-0.2, -0.15) is 0 Å². The van der Waals surface area contributed by atoms with Gasteiger partial charge in [0.1, 0.15) is 5.01 Å². The summed E-state index contributed by atoms with van der Waals surface area (Å²) in [6.45, 7) is 4.01. The molecule has 6 heteroatoms. The van der Waals surface area contributed by atoms with Crippen LogP contribution < -0.4 is 0 Å². The number of thiazole rings is 1. The minimum atomic E-state index is -0.885.